The van der Waals surface area contributed by atoms with Gasteiger partial charge in [0, 0.05) is 18.1 Å². The van der Waals surface area contributed by atoms with Crippen LogP contribution in [-0.2, 0) is 22.6 Å². The van der Waals surface area contributed by atoms with E-state index in [1.165, 1.54) is 0 Å². The smallest absolute Gasteiger partial charge is 0.238 e. The fraction of sp³-hybridized carbons (Fsp3) is 0.190. The Labute approximate surface area is 157 Å². The zero-order valence-corrected chi connectivity index (χ0v) is 14.8. The highest BCUT2D eigenvalue weighted by Crippen LogP contribution is 2.24. The maximum Gasteiger partial charge on any atom is 0.238 e. The van der Waals surface area contributed by atoms with Crippen LogP contribution in [0.25, 0.3) is 10.9 Å². The third-order valence-corrected chi connectivity index (χ3v) is 4.94. The number of hydrogen-bond donors (Lipinski definition) is 2. The number of rotatable bonds is 4. The van der Waals surface area contributed by atoms with E-state index in [4.69, 9.17) is 5.73 Å². The van der Waals surface area contributed by atoms with E-state index >= 15 is 0 Å². The number of fused-ring (bicyclic) bond motifs is 2. The predicted octanol–water partition coefficient (Wildman–Crippen LogP) is 2.09. The Hall–Kier alpha value is -3.25. The molecule has 0 aliphatic carbocycles. The summed E-state index contributed by atoms with van der Waals surface area (Å²) < 4.78 is 0. The lowest BCUT2D eigenvalue weighted by molar-refractivity contribution is -0.125. The molecule has 6 heteroatoms. The molecular weight excluding hydrogens is 340 g/mol. The molecule has 3 aromatic rings. The number of carbonyl (C=O) groups excluding carboxylic acids is 2. The molecular formula is C21H20N4O2. The highest BCUT2D eigenvalue weighted by atomic mass is 16.2. The Bertz CT molecular complexity index is 1010. The van der Waals surface area contributed by atoms with Crippen LogP contribution >= 0.6 is 0 Å². The van der Waals surface area contributed by atoms with Gasteiger partial charge in [-0.1, -0.05) is 30.3 Å². The molecule has 6 nitrogen and oxygen atoms in total. The minimum Gasteiger partial charge on any atom is -0.368 e. The number of nitrogens with two attached hydrogens (primary N) is 1. The summed E-state index contributed by atoms with van der Waals surface area (Å²) in [5.74, 6) is -0.594. The number of carbonyl (C=O) groups is 2. The topological polar surface area (TPSA) is 88.3 Å². The summed E-state index contributed by atoms with van der Waals surface area (Å²) in [5, 5.41) is 3.82. The maximum atomic E-state index is 12.7. The van der Waals surface area contributed by atoms with E-state index in [2.05, 4.69) is 10.3 Å². The van der Waals surface area contributed by atoms with Crippen molar-refractivity contribution in [3.63, 3.8) is 0 Å². The highest BCUT2D eigenvalue weighted by molar-refractivity contribution is 6.01. The van der Waals surface area contributed by atoms with Crippen molar-refractivity contribution in [3.05, 3.63) is 71.9 Å². The monoisotopic (exact) mass is 360 g/mol. The van der Waals surface area contributed by atoms with Crippen LogP contribution < -0.4 is 11.1 Å². The standard InChI is InChI=1S/C21H20N4O2/c22-21(27)19-11-14-5-1-2-6-15(14)12-25(19)13-20(26)24-18-9-3-8-17-16(18)7-4-10-23-17/h1-10,19H,11-13H2,(H2,22,27)(H,24,26)/t19-/m1/s1. The van der Waals surface area contributed by atoms with Crippen molar-refractivity contribution in [2.24, 2.45) is 5.73 Å². The summed E-state index contributed by atoms with van der Waals surface area (Å²) >= 11 is 0. The number of hydrogen-bond acceptors (Lipinski definition) is 4. The number of aromatic nitrogens is 1. The predicted molar refractivity (Wildman–Crippen MR) is 104 cm³/mol. The van der Waals surface area contributed by atoms with Gasteiger partial charge in [-0.05, 0) is 41.8 Å². The van der Waals surface area contributed by atoms with Crippen LogP contribution in [0.3, 0.4) is 0 Å². The molecule has 0 saturated heterocycles. The van der Waals surface area contributed by atoms with E-state index in [0.29, 0.717) is 18.7 Å². The Balaban J connectivity index is 1.53. The Morgan fingerprint density at radius 3 is 2.70 bits per heavy atom. The first-order valence-corrected chi connectivity index (χ1v) is 8.85. The summed E-state index contributed by atoms with van der Waals surface area (Å²) in [6, 6.07) is 16.8. The van der Waals surface area contributed by atoms with E-state index < -0.39 is 11.9 Å². The fourth-order valence-corrected chi connectivity index (χ4v) is 3.61. The molecule has 1 aromatic heterocycles. The van der Waals surface area contributed by atoms with Gasteiger partial charge in [0.25, 0.3) is 0 Å². The SMILES string of the molecule is NC(=O)[C@H]1Cc2ccccc2CN1CC(=O)Nc1cccc2ncccc12. The fourth-order valence-electron chi connectivity index (χ4n) is 3.61. The van der Waals surface area contributed by atoms with Gasteiger partial charge < -0.3 is 11.1 Å². The van der Waals surface area contributed by atoms with Gasteiger partial charge in [0.15, 0.2) is 0 Å². The third kappa shape index (κ3) is 3.52. The largest absolute Gasteiger partial charge is 0.368 e. The molecule has 136 valence electrons. The second-order valence-corrected chi connectivity index (χ2v) is 6.72. The normalized spacial score (nSPS) is 16.7. The van der Waals surface area contributed by atoms with Gasteiger partial charge in [0.05, 0.1) is 23.8 Å². The molecule has 0 saturated carbocycles. The molecule has 3 N–H and O–H groups in total. The quantitative estimate of drug-likeness (QED) is 0.746. The van der Waals surface area contributed by atoms with Gasteiger partial charge in [0.1, 0.15) is 0 Å². The van der Waals surface area contributed by atoms with Crippen LogP contribution in [0.15, 0.2) is 60.8 Å². The molecule has 1 aliphatic heterocycles. The first-order valence-electron chi connectivity index (χ1n) is 8.85. The van der Waals surface area contributed by atoms with Gasteiger partial charge in [-0.25, -0.2) is 0 Å². The van der Waals surface area contributed by atoms with Crippen molar-refractivity contribution in [2.75, 3.05) is 11.9 Å². The molecule has 2 amide bonds. The molecule has 4 rings (SSSR count). The zero-order valence-electron chi connectivity index (χ0n) is 14.8. The van der Waals surface area contributed by atoms with Crippen LogP contribution in [0.4, 0.5) is 5.69 Å². The van der Waals surface area contributed by atoms with Crippen molar-refractivity contribution in [1.82, 2.24) is 9.88 Å². The van der Waals surface area contributed by atoms with Gasteiger partial charge in [-0.3, -0.25) is 19.5 Å². The van der Waals surface area contributed by atoms with Crippen molar-refractivity contribution >= 4 is 28.4 Å². The number of anilines is 1. The average Bonchev–Trinajstić information content (AvgIpc) is 2.67. The van der Waals surface area contributed by atoms with Gasteiger partial charge in [-0.2, -0.15) is 0 Å². The van der Waals surface area contributed by atoms with E-state index in [9.17, 15) is 9.59 Å². The van der Waals surface area contributed by atoms with Crippen molar-refractivity contribution in [2.45, 2.75) is 19.0 Å². The van der Waals surface area contributed by atoms with Crippen LogP contribution in [0, 0.1) is 0 Å². The summed E-state index contributed by atoms with van der Waals surface area (Å²) in [4.78, 5) is 30.7. The number of benzene rings is 2. The van der Waals surface area contributed by atoms with E-state index in [1.54, 1.807) is 6.20 Å². The van der Waals surface area contributed by atoms with Crippen molar-refractivity contribution < 1.29 is 9.59 Å². The molecule has 1 aliphatic rings. The molecule has 0 spiro atoms. The number of nitrogens with zero attached hydrogens (tertiary/aromatic N) is 2. The van der Waals surface area contributed by atoms with Gasteiger partial charge in [0.2, 0.25) is 11.8 Å². The van der Waals surface area contributed by atoms with Crippen LogP contribution in [0.2, 0.25) is 0 Å². The second kappa shape index (κ2) is 7.17. The summed E-state index contributed by atoms with van der Waals surface area (Å²) in [5.41, 5.74) is 9.35. The first kappa shape index (κ1) is 17.2. The number of amides is 2. The molecule has 1 atom stereocenters. The second-order valence-electron chi connectivity index (χ2n) is 6.72. The molecule has 27 heavy (non-hydrogen) atoms. The van der Waals surface area contributed by atoms with Crippen LogP contribution in [0.1, 0.15) is 11.1 Å². The number of nitrogens with one attached hydrogen (secondary N) is 1. The minimum absolute atomic E-state index is 0.0958. The van der Waals surface area contributed by atoms with E-state index in [1.807, 2.05) is 59.5 Å². The van der Waals surface area contributed by atoms with Gasteiger partial charge in [-0.15, -0.1) is 0 Å². The molecule has 0 bridgehead atoms. The third-order valence-electron chi connectivity index (χ3n) is 4.94. The van der Waals surface area contributed by atoms with E-state index in [0.717, 1.165) is 22.0 Å². The molecule has 0 unspecified atom stereocenters. The first-order chi connectivity index (χ1) is 13.1. The van der Waals surface area contributed by atoms with Gasteiger partial charge >= 0.3 is 0 Å². The number of pyridine rings is 1. The minimum atomic E-state index is -0.486. The lowest BCUT2D eigenvalue weighted by atomic mass is 9.93. The number of primary amides is 1. The zero-order chi connectivity index (χ0) is 18.8. The average molecular weight is 360 g/mol. The highest BCUT2D eigenvalue weighted by Gasteiger charge is 2.31. The summed E-state index contributed by atoms with van der Waals surface area (Å²) in [6.45, 7) is 0.618. The van der Waals surface area contributed by atoms with Crippen LogP contribution in [0.5, 0.6) is 0 Å². The Kier molecular flexibility index (Phi) is 4.56. The summed E-state index contributed by atoms with van der Waals surface area (Å²) in [7, 11) is 0. The molecule has 0 radical (unpaired) electrons. The van der Waals surface area contributed by atoms with Crippen molar-refractivity contribution in [3.8, 4) is 0 Å². The summed E-state index contributed by atoms with van der Waals surface area (Å²) in [6.07, 6.45) is 2.24. The molecule has 2 heterocycles. The van der Waals surface area contributed by atoms with Crippen molar-refractivity contribution in [1.29, 1.82) is 0 Å². The van der Waals surface area contributed by atoms with Crippen LogP contribution in [-0.4, -0.2) is 34.3 Å². The van der Waals surface area contributed by atoms with E-state index in [-0.39, 0.29) is 12.5 Å². The Morgan fingerprint density at radius 2 is 1.89 bits per heavy atom. The molecule has 0 fully saturated rings. The lowest BCUT2D eigenvalue weighted by Gasteiger charge is -2.34. The molecule has 2 aromatic carbocycles. The Morgan fingerprint density at radius 1 is 1.07 bits per heavy atom. The lowest BCUT2D eigenvalue weighted by Crippen LogP contribution is -2.50. The maximum absolute atomic E-state index is 12.7.